The fraction of sp³-hybridized carbons (Fsp3) is 0.391. The minimum absolute atomic E-state index is 0.136. The van der Waals surface area contributed by atoms with Crippen molar-refractivity contribution in [2.24, 2.45) is 7.05 Å². The van der Waals surface area contributed by atoms with Crippen LogP contribution in [0.3, 0.4) is 0 Å². The van der Waals surface area contributed by atoms with Crippen molar-refractivity contribution >= 4 is 11.9 Å². The first kappa shape index (κ1) is 19.7. The Morgan fingerprint density at radius 2 is 1.97 bits per heavy atom. The number of hydrogen-bond acceptors (Lipinski definition) is 5. The van der Waals surface area contributed by atoms with Gasteiger partial charge in [-0.05, 0) is 49.9 Å². The number of likely N-dealkylation sites (tertiary alicyclic amines) is 1. The van der Waals surface area contributed by atoms with Gasteiger partial charge >= 0.3 is 0 Å². The van der Waals surface area contributed by atoms with Crippen LogP contribution in [0.4, 0.5) is 10.3 Å². The van der Waals surface area contributed by atoms with E-state index in [0.717, 1.165) is 61.7 Å². The largest absolute Gasteiger partial charge is 0.341 e. The van der Waals surface area contributed by atoms with E-state index < -0.39 is 5.82 Å². The zero-order valence-corrected chi connectivity index (χ0v) is 17.5. The highest BCUT2D eigenvalue weighted by Gasteiger charge is 2.35. The molecule has 0 unspecified atom stereocenters. The molecule has 2 fully saturated rings. The van der Waals surface area contributed by atoms with Gasteiger partial charge in [-0.1, -0.05) is 6.07 Å². The van der Waals surface area contributed by atoms with Crippen LogP contribution in [0.1, 0.15) is 47.8 Å². The molecule has 5 rings (SSSR count). The molecule has 7 nitrogen and oxygen atoms in total. The highest BCUT2D eigenvalue weighted by atomic mass is 19.1. The van der Waals surface area contributed by atoms with Crippen molar-refractivity contribution in [3.8, 4) is 11.3 Å². The van der Waals surface area contributed by atoms with Crippen molar-refractivity contribution in [3.63, 3.8) is 0 Å². The van der Waals surface area contributed by atoms with Gasteiger partial charge in [0, 0.05) is 44.0 Å². The number of aryl methyl sites for hydroxylation is 1. The van der Waals surface area contributed by atoms with Crippen LogP contribution < -0.4 is 4.90 Å². The van der Waals surface area contributed by atoms with E-state index in [0.29, 0.717) is 12.1 Å². The normalized spacial score (nSPS) is 18.7. The van der Waals surface area contributed by atoms with Crippen molar-refractivity contribution < 1.29 is 9.18 Å². The predicted octanol–water partition coefficient (Wildman–Crippen LogP) is 3.59. The molecule has 31 heavy (non-hydrogen) atoms. The monoisotopic (exact) mass is 420 g/mol. The number of anilines is 1. The van der Waals surface area contributed by atoms with Crippen LogP contribution in [0, 0.1) is 5.82 Å². The molecule has 0 bridgehead atoms. The fourth-order valence-corrected chi connectivity index (χ4v) is 4.69. The van der Waals surface area contributed by atoms with Crippen LogP contribution >= 0.6 is 0 Å². The summed E-state index contributed by atoms with van der Waals surface area (Å²) in [4.78, 5) is 26.5. The molecular formula is C23H25FN6O. The van der Waals surface area contributed by atoms with E-state index in [-0.39, 0.29) is 11.9 Å². The average Bonchev–Trinajstić information content (AvgIpc) is 3.54. The molecule has 0 aliphatic carbocycles. The molecule has 2 saturated heterocycles. The van der Waals surface area contributed by atoms with Crippen LogP contribution in [-0.2, 0) is 7.05 Å². The van der Waals surface area contributed by atoms with Crippen LogP contribution in [0.5, 0.6) is 0 Å². The molecule has 4 heterocycles. The van der Waals surface area contributed by atoms with Gasteiger partial charge in [-0.3, -0.25) is 9.48 Å². The average molecular weight is 420 g/mol. The SMILES string of the molecule is Cn1ncc(-c2ccnc(N3CCCC3)n2)c1[C@H]1CCCN1C(=O)c1cccc(F)c1. The molecule has 0 radical (unpaired) electrons. The van der Waals surface area contributed by atoms with Crippen molar-refractivity contribution in [2.75, 3.05) is 24.5 Å². The van der Waals surface area contributed by atoms with Crippen molar-refractivity contribution in [3.05, 3.63) is 59.8 Å². The van der Waals surface area contributed by atoms with Crippen LogP contribution in [0.15, 0.2) is 42.7 Å². The molecule has 0 saturated carbocycles. The zero-order valence-electron chi connectivity index (χ0n) is 17.5. The second-order valence-electron chi connectivity index (χ2n) is 8.17. The Balaban J connectivity index is 1.49. The molecule has 160 valence electrons. The third kappa shape index (κ3) is 3.66. The maximum Gasteiger partial charge on any atom is 0.254 e. The molecule has 2 aliphatic rings. The Morgan fingerprint density at radius 1 is 1.13 bits per heavy atom. The number of aromatic nitrogens is 4. The fourth-order valence-electron chi connectivity index (χ4n) is 4.69. The number of rotatable bonds is 4. The molecule has 0 spiro atoms. The Labute approximate surface area is 180 Å². The molecule has 0 N–H and O–H groups in total. The first-order valence-corrected chi connectivity index (χ1v) is 10.8. The lowest BCUT2D eigenvalue weighted by molar-refractivity contribution is 0.0730. The number of nitrogens with zero attached hydrogens (tertiary/aromatic N) is 6. The van der Waals surface area contributed by atoms with Gasteiger partial charge in [-0.2, -0.15) is 5.10 Å². The van der Waals surface area contributed by atoms with E-state index >= 15 is 0 Å². The van der Waals surface area contributed by atoms with E-state index in [4.69, 9.17) is 4.98 Å². The Bertz CT molecular complexity index is 1110. The summed E-state index contributed by atoms with van der Waals surface area (Å²) in [6, 6.07) is 7.65. The summed E-state index contributed by atoms with van der Waals surface area (Å²) in [6.07, 6.45) is 7.64. The lowest BCUT2D eigenvalue weighted by Gasteiger charge is -2.26. The van der Waals surface area contributed by atoms with Crippen LogP contribution in [0.2, 0.25) is 0 Å². The number of hydrogen-bond donors (Lipinski definition) is 0. The maximum absolute atomic E-state index is 13.7. The smallest absolute Gasteiger partial charge is 0.254 e. The van der Waals surface area contributed by atoms with Crippen LogP contribution in [0.25, 0.3) is 11.3 Å². The molecule has 2 aromatic heterocycles. The van der Waals surface area contributed by atoms with E-state index in [1.165, 1.54) is 12.1 Å². The highest BCUT2D eigenvalue weighted by molar-refractivity contribution is 5.94. The minimum Gasteiger partial charge on any atom is -0.341 e. The quantitative estimate of drug-likeness (QED) is 0.645. The van der Waals surface area contributed by atoms with Gasteiger partial charge in [0.2, 0.25) is 5.95 Å². The molecule has 1 amide bonds. The highest BCUT2D eigenvalue weighted by Crippen LogP contribution is 2.38. The Morgan fingerprint density at radius 3 is 2.77 bits per heavy atom. The van der Waals surface area contributed by atoms with Crippen molar-refractivity contribution in [1.82, 2.24) is 24.6 Å². The van der Waals surface area contributed by atoms with Crippen LogP contribution in [-0.4, -0.2) is 50.2 Å². The van der Waals surface area contributed by atoms with E-state index in [9.17, 15) is 9.18 Å². The summed E-state index contributed by atoms with van der Waals surface area (Å²) in [5.74, 6) is 0.178. The second-order valence-corrected chi connectivity index (χ2v) is 8.17. The molecular weight excluding hydrogens is 395 g/mol. The van der Waals surface area contributed by atoms with Gasteiger partial charge < -0.3 is 9.80 Å². The summed E-state index contributed by atoms with van der Waals surface area (Å²) in [5.41, 5.74) is 3.04. The van der Waals surface area contributed by atoms with Crippen molar-refractivity contribution in [2.45, 2.75) is 31.7 Å². The molecule has 3 aromatic rings. The lowest BCUT2D eigenvalue weighted by Crippen LogP contribution is -2.32. The first-order chi connectivity index (χ1) is 15.1. The number of carbonyl (C=O) groups is 1. The first-order valence-electron chi connectivity index (χ1n) is 10.8. The van der Waals surface area contributed by atoms with Crippen molar-refractivity contribution in [1.29, 1.82) is 0 Å². The van der Waals surface area contributed by atoms with Gasteiger partial charge in [0.25, 0.3) is 5.91 Å². The topological polar surface area (TPSA) is 67.2 Å². The Hall–Kier alpha value is -3.29. The summed E-state index contributed by atoms with van der Waals surface area (Å²) < 4.78 is 15.5. The number of amides is 1. The number of benzene rings is 1. The minimum atomic E-state index is -0.404. The van der Waals surface area contributed by atoms with E-state index in [2.05, 4.69) is 15.0 Å². The number of halogens is 1. The van der Waals surface area contributed by atoms with Gasteiger partial charge in [-0.25, -0.2) is 14.4 Å². The van der Waals surface area contributed by atoms with Gasteiger partial charge in [0.05, 0.1) is 23.6 Å². The molecule has 1 aromatic carbocycles. The van der Waals surface area contributed by atoms with Gasteiger partial charge in [-0.15, -0.1) is 0 Å². The number of carbonyl (C=O) groups excluding carboxylic acids is 1. The summed E-state index contributed by atoms with van der Waals surface area (Å²) >= 11 is 0. The third-order valence-electron chi connectivity index (χ3n) is 6.19. The van der Waals surface area contributed by atoms with E-state index in [1.54, 1.807) is 18.3 Å². The molecule has 8 heteroatoms. The Kier molecular flexibility index (Phi) is 5.13. The summed E-state index contributed by atoms with van der Waals surface area (Å²) in [5, 5.41) is 4.49. The lowest BCUT2D eigenvalue weighted by atomic mass is 10.0. The standard InChI is InChI=1S/C23H25FN6O/c1-28-21(20-8-5-13-30(20)22(31)16-6-4-7-17(24)14-16)18(15-26-28)19-9-10-25-23(27-19)29-11-2-3-12-29/h4,6-7,9-10,14-15,20H,2-3,5,8,11-13H2,1H3/t20-/m1/s1. The van der Waals surface area contributed by atoms with E-state index in [1.807, 2.05) is 28.9 Å². The molecule has 1 atom stereocenters. The maximum atomic E-state index is 13.7. The third-order valence-corrected chi connectivity index (χ3v) is 6.19. The second kappa shape index (κ2) is 8.09. The van der Waals surface area contributed by atoms with Gasteiger partial charge in [0.1, 0.15) is 5.82 Å². The predicted molar refractivity (Wildman–Crippen MR) is 115 cm³/mol. The van der Waals surface area contributed by atoms with Gasteiger partial charge in [0.15, 0.2) is 0 Å². The molecule has 2 aliphatic heterocycles. The summed E-state index contributed by atoms with van der Waals surface area (Å²) in [6.45, 7) is 2.58. The zero-order chi connectivity index (χ0) is 21.4. The summed E-state index contributed by atoms with van der Waals surface area (Å²) in [7, 11) is 1.89.